The fourth-order valence-electron chi connectivity index (χ4n) is 2.68. The van der Waals surface area contributed by atoms with Gasteiger partial charge in [0.2, 0.25) is 10.0 Å². The number of sulfonamides is 1. The molecule has 0 radical (unpaired) electrons. The van der Waals surface area contributed by atoms with Gasteiger partial charge in [-0.15, -0.1) is 0 Å². The third-order valence-electron chi connectivity index (χ3n) is 4.09. The summed E-state index contributed by atoms with van der Waals surface area (Å²) >= 11 is 0. The summed E-state index contributed by atoms with van der Waals surface area (Å²) in [5, 5.41) is 1.01. The van der Waals surface area contributed by atoms with E-state index in [-0.39, 0.29) is 5.75 Å². The third kappa shape index (κ3) is 4.14. The fourth-order valence-corrected chi connectivity index (χ4v) is 3.96. The Kier molecular flexibility index (Phi) is 5.42. The van der Waals surface area contributed by atoms with E-state index in [1.54, 1.807) is 24.4 Å². The van der Waals surface area contributed by atoms with Crippen molar-refractivity contribution < 1.29 is 13.2 Å². The minimum absolute atomic E-state index is 0.0901. The highest BCUT2D eigenvalue weighted by Crippen LogP contribution is 2.34. The summed E-state index contributed by atoms with van der Waals surface area (Å²) < 4.78 is 33.1. The van der Waals surface area contributed by atoms with E-state index >= 15 is 0 Å². The van der Waals surface area contributed by atoms with Gasteiger partial charge in [0.05, 0.1) is 11.4 Å². The molecule has 0 saturated carbocycles. The lowest BCUT2D eigenvalue weighted by Gasteiger charge is -2.14. The van der Waals surface area contributed by atoms with Gasteiger partial charge in [0.25, 0.3) is 0 Å². The predicted octanol–water partition coefficient (Wildman–Crippen LogP) is 4.88. The number of unbranched alkanes of at least 4 members (excludes halogenated alkanes) is 1. The molecule has 136 valence electrons. The Bertz CT molecular complexity index is 1020. The number of rotatable bonds is 7. The summed E-state index contributed by atoms with van der Waals surface area (Å²) in [7, 11) is -3.41. The van der Waals surface area contributed by atoms with Crippen molar-refractivity contribution in [2.24, 2.45) is 0 Å². The summed E-state index contributed by atoms with van der Waals surface area (Å²) in [6, 6.07) is 14.7. The number of aromatic nitrogens is 1. The zero-order valence-electron chi connectivity index (χ0n) is 14.9. The number of benzene rings is 2. The Labute approximate surface area is 154 Å². The molecule has 0 bridgehead atoms. The lowest BCUT2D eigenvalue weighted by Crippen LogP contribution is -2.16. The second-order valence-electron chi connectivity index (χ2n) is 6.15. The van der Waals surface area contributed by atoms with Crippen molar-refractivity contribution in [2.45, 2.75) is 26.7 Å². The Morgan fingerprint density at radius 1 is 1.04 bits per heavy atom. The van der Waals surface area contributed by atoms with Crippen LogP contribution in [0.1, 0.15) is 25.3 Å². The van der Waals surface area contributed by atoms with Crippen LogP contribution in [0, 0.1) is 6.92 Å². The highest BCUT2D eigenvalue weighted by atomic mass is 32.2. The first-order valence-electron chi connectivity index (χ1n) is 8.62. The topological polar surface area (TPSA) is 68.3 Å². The van der Waals surface area contributed by atoms with Crippen molar-refractivity contribution in [1.29, 1.82) is 0 Å². The largest absolute Gasteiger partial charge is 0.453 e. The van der Waals surface area contributed by atoms with Crippen molar-refractivity contribution in [3.63, 3.8) is 0 Å². The highest BCUT2D eigenvalue weighted by molar-refractivity contribution is 7.92. The van der Waals surface area contributed by atoms with Gasteiger partial charge < -0.3 is 4.74 Å². The van der Waals surface area contributed by atoms with Gasteiger partial charge in [-0.1, -0.05) is 37.6 Å². The van der Waals surface area contributed by atoms with Crippen molar-refractivity contribution in [2.75, 3.05) is 10.5 Å². The Morgan fingerprint density at radius 2 is 1.81 bits per heavy atom. The van der Waals surface area contributed by atoms with E-state index in [0.717, 1.165) is 22.9 Å². The number of aryl methyl sites for hydroxylation is 1. The van der Waals surface area contributed by atoms with Crippen LogP contribution < -0.4 is 9.46 Å². The van der Waals surface area contributed by atoms with E-state index in [4.69, 9.17) is 4.74 Å². The van der Waals surface area contributed by atoms with Crippen LogP contribution in [0.5, 0.6) is 11.5 Å². The lowest BCUT2D eigenvalue weighted by atomic mass is 10.1. The molecule has 1 heterocycles. The lowest BCUT2D eigenvalue weighted by molar-refractivity contribution is 0.489. The third-order valence-corrected chi connectivity index (χ3v) is 5.45. The summed E-state index contributed by atoms with van der Waals surface area (Å²) in [5.74, 6) is 1.13. The molecule has 0 atom stereocenters. The molecule has 1 N–H and O–H groups in total. The smallest absolute Gasteiger partial charge is 0.232 e. The van der Waals surface area contributed by atoms with Crippen molar-refractivity contribution >= 4 is 26.6 Å². The molecule has 0 unspecified atom stereocenters. The van der Waals surface area contributed by atoms with Gasteiger partial charge in [0, 0.05) is 11.6 Å². The highest BCUT2D eigenvalue weighted by Gasteiger charge is 2.14. The average molecular weight is 370 g/mol. The number of para-hydroxylation sites is 3. The van der Waals surface area contributed by atoms with E-state index in [2.05, 4.69) is 9.71 Å². The normalized spacial score (nSPS) is 11.5. The SMILES string of the molecule is CCCCS(=O)(=O)Nc1ccccc1Oc1cccc2c(C)ccnc12. The summed E-state index contributed by atoms with van der Waals surface area (Å²) in [6.07, 6.45) is 3.18. The van der Waals surface area contributed by atoms with E-state index in [1.165, 1.54) is 0 Å². The fraction of sp³-hybridized carbons (Fsp3) is 0.250. The van der Waals surface area contributed by atoms with Gasteiger partial charge in [-0.2, -0.15) is 0 Å². The first-order chi connectivity index (χ1) is 12.5. The average Bonchev–Trinajstić information content (AvgIpc) is 2.62. The van der Waals surface area contributed by atoms with Gasteiger partial charge in [-0.3, -0.25) is 9.71 Å². The van der Waals surface area contributed by atoms with Gasteiger partial charge in [0.1, 0.15) is 5.52 Å². The maximum Gasteiger partial charge on any atom is 0.232 e. The van der Waals surface area contributed by atoms with E-state index in [9.17, 15) is 8.42 Å². The first-order valence-corrected chi connectivity index (χ1v) is 10.3. The molecule has 0 amide bonds. The van der Waals surface area contributed by atoms with Crippen LogP contribution in [0.2, 0.25) is 0 Å². The zero-order chi connectivity index (χ0) is 18.6. The molecule has 0 fully saturated rings. The number of fused-ring (bicyclic) bond motifs is 1. The number of anilines is 1. The molecule has 6 heteroatoms. The Morgan fingerprint density at radius 3 is 2.62 bits per heavy atom. The quantitative estimate of drug-likeness (QED) is 0.644. The second-order valence-corrected chi connectivity index (χ2v) is 7.99. The first kappa shape index (κ1) is 18.2. The molecule has 5 nitrogen and oxygen atoms in total. The molecular weight excluding hydrogens is 348 g/mol. The van der Waals surface area contributed by atoms with E-state index in [0.29, 0.717) is 23.6 Å². The number of hydrogen-bond acceptors (Lipinski definition) is 4. The molecule has 26 heavy (non-hydrogen) atoms. The maximum absolute atomic E-state index is 12.2. The minimum atomic E-state index is -3.41. The summed E-state index contributed by atoms with van der Waals surface area (Å²) in [5.41, 5.74) is 2.28. The number of ether oxygens (including phenoxy) is 1. The number of nitrogens with zero attached hydrogens (tertiary/aromatic N) is 1. The van der Waals surface area contributed by atoms with Gasteiger partial charge in [0.15, 0.2) is 11.5 Å². The number of nitrogens with one attached hydrogen (secondary N) is 1. The van der Waals surface area contributed by atoms with Crippen LogP contribution >= 0.6 is 0 Å². The summed E-state index contributed by atoms with van der Waals surface area (Å²) in [4.78, 5) is 4.42. The molecule has 1 aromatic heterocycles. The molecule has 0 aliphatic carbocycles. The molecule has 3 rings (SSSR count). The van der Waals surface area contributed by atoms with Gasteiger partial charge >= 0.3 is 0 Å². The van der Waals surface area contributed by atoms with Crippen molar-refractivity contribution in [3.05, 3.63) is 60.3 Å². The molecule has 3 aromatic rings. The maximum atomic E-state index is 12.2. The minimum Gasteiger partial charge on any atom is -0.453 e. The van der Waals surface area contributed by atoms with E-state index < -0.39 is 10.0 Å². The summed E-state index contributed by atoms with van der Waals surface area (Å²) in [6.45, 7) is 3.98. The molecule has 0 aliphatic rings. The monoisotopic (exact) mass is 370 g/mol. The van der Waals surface area contributed by atoms with Crippen LogP contribution in [0.3, 0.4) is 0 Å². The molecule has 0 saturated heterocycles. The molecule has 0 aliphatic heterocycles. The van der Waals surface area contributed by atoms with Crippen LogP contribution in [-0.2, 0) is 10.0 Å². The van der Waals surface area contributed by atoms with Gasteiger partial charge in [-0.05, 0) is 43.2 Å². The van der Waals surface area contributed by atoms with Crippen molar-refractivity contribution in [1.82, 2.24) is 4.98 Å². The Balaban J connectivity index is 1.94. The standard InChI is InChI=1S/C20H22N2O3S/c1-3-4-14-26(23,24)22-17-9-5-6-10-18(17)25-19-11-7-8-16-15(2)12-13-21-20(16)19/h5-13,22H,3-4,14H2,1-2H3. The van der Waals surface area contributed by atoms with Crippen LogP contribution in [0.15, 0.2) is 54.7 Å². The molecule has 0 spiro atoms. The van der Waals surface area contributed by atoms with E-state index in [1.807, 2.05) is 44.2 Å². The Hall–Kier alpha value is -2.60. The molecule has 2 aromatic carbocycles. The van der Waals surface area contributed by atoms with Crippen LogP contribution in [-0.4, -0.2) is 19.2 Å². The van der Waals surface area contributed by atoms with Crippen LogP contribution in [0.25, 0.3) is 10.9 Å². The number of hydrogen-bond donors (Lipinski definition) is 1. The number of pyridine rings is 1. The zero-order valence-corrected chi connectivity index (χ0v) is 15.7. The van der Waals surface area contributed by atoms with Crippen molar-refractivity contribution in [3.8, 4) is 11.5 Å². The second kappa shape index (κ2) is 7.74. The predicted molar refractivity (Wildman–Crippen MR) is 105 cm³/mol. The van der Waals surface area contributed by atoms with Gasteiger partial charge in [-0.25, -0.2) is 8.42 Å². The van der Waals surface area contributed by atoms with Crippen LogP contribution in [0.4, 0.5) is 5.69 Å². The molecular formula is C20H22N2O3S.